The molecule has 0 spiro atoms. The third kappa shape index (κ3) is 1.78. The highest BCUT2D eigenvalue weighted by atomic mass is 19.4. The Bertz CT molecular complexity index is 1030. The van der Waals surface area contributed by atoms with Gasteiger partial charge >= 0.3 is 6.18 Å². The van der Waals surface area contributed by atoms with Gasteiger partial charge in [0.25, 0.3) is 0 Å². The normalized spacial score (nSPS) is 12.5. The van der Waals surface area contributed by atoms with Gasteiger partial charge in [0.05, 0.1) is 11.0 Å². The van der Waals surface area contributed by atoms with Crippen LogP contribution in [0, 0.1) is 5.82 Å². The molecule has 0 fully saturated rings. The lowest BCUT2D eigenvalue weighted by Crippen LogP contribution is -2.11. The lowest BCUT2D eigenvalue weighted by Gasteiger charge is -2.13. The van der Waals surface area contributed by atoms with E-state index in [9.17, 15) is 17.6 Å². The first-order chi connectivity index (χ1) is 10.4. The average Bonchev–Trinajstić information content (AvgIpc) is 2.85. The minimum Gasteiger partial charge on any atom is -0.305 e. The fraction of sp³-hybridized carbons (Fsp3) is 0.0588. The van der Waals surface area contributed by atoms with Gasteiger partial charge in [0.15, 0.2) is 0 Å². The Labute approximate surface area is 122 Å². The van der Waals surface area contributed by atoms with Crippen LogP contribution in [0.2, 0.25) is 0 Å². The summed E-state index contributed by atoms with van der Waals surface area (Å²) in [7, 11) is 0. The number of aromatic nitrogens is 1. The summed E-state index contributed by atoms with van der Waals surface area (Å²) in [5, 5.41) is 1.51. The second-order valence-corrected chi connectivity index (χ2v) is 5.18. The van der Waals surface area contributed by atoms with Crippen LogP contribution in [0.15, 0.2) is 54.6 Å². The molecule has 2 aromatic heterocycles. The first-order valence-corrected chi connectivity index (χ1v) is 6.65. The standard InChI is InChI=1S/C17H9F4N/c18-12-6-5-10-8-16(17(19,20)21)22-14-4-2-1-3-11(14)7-15(22)13(10)9-12/h1-9H. The molecule has 0 atom stereocenters. The summed E-state index contributed by atoms with van der Waals surface area (Å²) in [6, 6.07) is 13.3. The zero-order chi connectivity index (χ0) is 15.5. The van der Waals surface area contributed by atoms with Crippen molar-refractivity contribution < 1.29 is 17.6 Å². The summed E-state index contributed by atoms with van der Waals surface area (Å²) in [5.41, 5.74) is 0.0457. The molecule has 2 heterocycles. The van der Waals surface area contributed by atoms with Crippen molar-refractivity contribution in [2.75, 3.05) is 0 Å². The van der Waals surface area contributed by atoms with Crippen LogP contribution in [0.25, 0.3) is 27.2 Å². The minimum absolute atomic E-state index is 0.352. The summed E-state index contributed by atoms with van der Waals surface area (Å²) in [6.07, 6.45) is -4.50. The number of halogens is 4. The smallest absolute Gasteiger partial charge is 0.305 e. The number of rotatable bonds is 0. The monoisotopic (exact) mass is 303 g/mol. The van der Waals surface area contributed by atoms with Gasteiger partial charge in [0.2, 0.25) is 0 Å². The third-order valence-electron chi connectivity index (χ3n) is 3.83. The fourth-order valence-electron chi connectivity index (χ4n) is 2.91. The van der Waals surface area contributed by atoms with Crippen LogP contribution in [0.1, 0.15) is 5.69 Å². The average molecular weight is 303 g/mol. The maximum atomic E-state index is 13.5. The Morgan fingerprint density at radius 2 is 1.55 bits per heavy atom. The highest BCUT2D eigenvalue weighted by molar-refractivity contribution is 6.02. The highest BCUT2D eigenvalue weighted by Gasteiger charge is 2.34. The molecule has 110 valence electrons. The molecule has 0 aliphatic rings. The van der Waals surface area contributed by atoms with Crippen LogP contribution in [-0.2, 0) is 6.18 Å². The molecule has 4 aromatic rings. The quantitative estimate of drug-likeness (QED) is 0.383. The number of pyridine rings is 1. The van der Waals surface area contributed by atoms with Crippen molar-refractivity contribution in [2.24, 2.45) is 0 Å². The van der Waals surface area contributed by atoms with Gasteiger partial charge in [-0.25, -0.2) is 4.39 Å². The molecule has 1 nitrogen and oxygen atoms in total. The first kappa shape index (κ1) is 13.1. The van der Waals surface area contributed by atoms with E-state index in [0.29, 0.717) is 27.2 Å². The van der Waals surface area contributed by atoms with Gasteiger partial charge in [0, 0.05) is 10.8 Å². The molecular formula is C17H9F4N. The molecule has 0 radical (unpaired) electrons. The van der Waals surface area contributed by atoms with Crippen molar-refractivity contribution in [3.05, 3.63) is 66.1 Å². The summed E-state index contributed by atoms with van der Waals surface area (Å²) in [6.45, 7) is 0. The van der Waals surface area contributed by atoms with Gasteiger partial charge in [0.1, 0.15) is 11.5 Å². The van der Waals surface area contributed by atoms with Crippen LogP contribution in [-0.4, -0.2) is 4.40 Å². The second-order valence-electron chi connectivity index (χ2n) is 5.18. The zero-order valence-corrected chi connectivity index (χ0v) is 11.2. The predicted molar refractivity (Wildman–Crippen MR) is 77.4 cm³/mol. The first-order valence-electron chi connectivity index (χ1n) is 6.65. The lowest BCUT2D eigenvalue weighted by atomic mass is 10.1. The van der Waals surface area contributed by atoms with Crippen LogP contribution in [0.4, 0.5) is 17.6 Å². The van der Waals surface area contributed by atoms with E-state index in [-0.39, 0.29) is 0 Å². The van der Waals surface area contributed by atoms with E-state index in [2.05, 4.69) is 0 Å². The van der Waals surface area contributed by atoms with Crippen molar-refractivity contribution in [1.29, 1.82) is 0 Å². The van der Waals surface area contributed by atoms with Crippen LogP contribution < -0.4 is 0 Å². The Kier molecular flexibility index (Phi) is 2.52. The molecule has 2 aromatic carbocycles. The Balaban J connectivity index is 2.32. The van der Waals surface area contributed by atoms with Gasteiger partial charge in [-0.2, -0.15) is 13.2 Å². The molecular weight excluding hydrogens is 294 g/mol. The molecule has 0 N–H and O–H groups in total. The fourth-order valence-corrected chi connectivity index (χ4v) is 2.91. The van der Waals surface area contributed by atoms with E-state index in [1.807, 2.05) is 0 Å². The molecule has 0 bridgehead atoms. The number of nitrogens with zero attached hydrogens (tertiary/aromatic N) is 1. The number of hydrogen-bond acceptors (Lipinski definition) is 0. The molecule has 0 amide bonds. The maximum absolute atomic E-state index is 13.5. The number of para-hydroxylation sites is 1. The van der Waals surface area contributed by atoms with Crippen molar-refractivity contribution >= 4 is 27.2 Å². The second kappa shape index (κ2) is 4.22. The zero-order valence-electron chi connectivity index (χ0n) is 11.2. The van der Waals surface area contributed by atoms with E-state index >= 15 is 0 Å². The van der Waals surface area contributed by atoms with Crippen LogP contribution >= 0.6 is 0 Å². The number of benzene rings is 2. The van der Waals surface area contributed by atoms with Crippen molar-refractivity contribution in [3.8, 4) is 0 Å². The lowest BCUT2D eigenvalue weighted by molar-refractivity contribution is -0.141. The van der Waals surface area contributed by atoms with Crippen molar-refractivity contribution in [3.63, 3.8) is 0 Å². The molecule has 0 aliphatic carbocycles. The topological polar surface area (TPSA) is 4.41 Å². The molecule has 0 unspecified atom stereocenters. The summed E-state index contributed by atoms with van der Waals surface area (Å²) >= 11 is 0. The molecule has 5 heteroatoms. The van der Waals surface area contributed by atoms with Crippen LogP contribution in [0.3, 0.4) is 0 Å². The van der Waals surface area contributed by atoms with Crippen molar-refractivity contribution in [2.45, 2.75) is 6.18 Å². The van der Waals surface area contributed by atoms with E-state index in [1.54, 1.807) is 30.3 Å². The van der Waals surface area contributed by atoms with Crippen molar-refractivity contribution in [1.82, 2.24) is 4.40 Å². The minimum atomic E-state index is -4.50. The van der Waals surface area contributed by atoms with Gasteiger partial charge in [-0.1, -0.05) is 24.3 Å². The Morgan fingerprint density at radius 3 is 2.32 bits per heavy atom. The number of hydrogen-bond donors (Lipinski definition) is 0. The molecule has 22 heavy (non-hydrogen) atoms. The Hall–Kier alpha value is -2.56. The van der Waals surface area contributed by atoms with Crippen LogP contribution in [0.5, 0.6) is 0 Å². The Morgan fingerprint density at radius 1 is 0.773 bits per heavy atom. The SMILES string of the molecule is Fc1ccc2cc(C(F)(F)F)n3c4ccccc4cc3c2c1. The summed E-state index contributed by atoms with van der Waals surface area (Å²) in [5.74, 6) is -0.473. The van der Waals surface area contributed by atoms with Gasteiger partial charge < -0.3 is 4.40 Å². The maximum Gasteiger partial charge on any atom is 0.431 e. The van der Waals surface area contributed by atoms with Gasteiger partial charge in [-0.15, -0.1) is 0 Å². The number of alkyl halides is 3. The van der Waals surface area contributed by atoms with E-state index in [0.717, 1.165) is 10.5 Å². The molecule has 0 aliphatic heterocycles. The summed E-state index contributed by atoms with van der Waals surface area (Å²) in [4.78, 5) is 0. The third-order valence-corrected chi connectivity index (χ3v) is 3.83. The van der Waals surface area contributed by atoms with Gasteiger partial charge in [-0.3, -0.25) is 0 Å². The molecule has 0 saturated heterocycles. The molecule has 0 saturated carbocycles. The van der Waals surface area contributed by atoms with E-state index in [1.165, 1.54) is 18.2 Å². The molecule has 4 rings (SSSR count). The van der Waals surface area contributed by atoms with E-state index < -0.39 is 17.7 Å². The largest absolute Gasteiger partial charge is 0.431 e. The van der Waals surface area contributed by atoms with Gasteiger partial charge in [-0.05, 0) is 35.7 Å². The summed E-state index contributed by atoms with van der Waals surface area (Å²) < 4.78 is 55.0. The predicted octanol–water partition coefficient (Wildman–Crippen LogP) is 5.40. The highest BCUT2D eigenvalue weighted by Crippen LogP contribution is 2.37. The number of fused-ring (bicyclic) bond motifs is 5. The van der Waals surface area contributed by atoms with E-state index in [4.69, 9.17) is 0 Å².